The Labute approximate surface area is 262 Å². The maximum Gasteiger partial charge on any atom is 0.317 e. The van der Waals surface area contributed by atoms with Gasteiger partial charge in [0, 0.05) is 69.5 Å². The van der Waals surface area contributed by atoms with Crippen LogP contribution >= 0.6 is 0 Å². The van der Waals surface area contributed by atoms with E-state index in [0.717, 1.165) is 10.9 Å². The predicted octanol–water partition coefficient (Wildman–Crippen LogP) is -0.344. The number of carboxylic acids is 1. The molecule has 14 heteroatoms. The minimum atomic E-state index is -1.02. The molecule has 2 saturated heterocycles. The molecule has 246 valence electrons. The summed E-state index contributed by atoms with van der Waals surface area (Å²) in [5.74, 6) is -1.43. The summed E-state index contributed by atoms with van der Waals surface area (Å²) < 4.78 is 11.8. The van der Waals surface area contributed by atoms with E-state index >= 15 is 0 Å². The van der Waals surface area contributed by atoms with Gasteiger partial charge in [0.15, 0.2) is 11.6 Å². The Kier molecular flexibility index (Phi) is 13.2. The molecule has 0 bridgehead atoms. The van der Waals surface area contributed by atoms with Crippen molar-refractivity contribution in [3.63, 3.8) is 0 Å². The number of carbonyl (C=O) groups is 4. The number of nitrogens with zero attached hydrogens (tertiary/aromatic N) is 4. The average molecular weight is 629 g/mol. The number of ketones is 2. The molecule has 0 saturated carbocycles. The maximum absolute atomic E-state index is 12.9. The molecule has 0 aliphatic carbocycles. The number of carbonyl (C=O) groups excluding carboxylic acids is 3. The van der Waals surface area contributed by atoms with E-state index in [1.807, 2.05) is 17.9 Å². The van der Waals surface area contributed by atoms with Gasteiger partial charge < -0.3 is 24.9 Å². The molecule has 3 heterocycles. The van der Waals surface area contributed by atoms with Crippen LogP contribution in [-0.2, 0) is 28.7 Å². The third kappa shape index (κ3) is 11.7. The van der Waals surface area contributed by atoms with Crippen molar-refractivity contribution in [1.82, 2.24) is 24.6 Å². The molecule has 0 atom stereocenters. The number of piperidine rings is 1. The number of H-pyrrole nitrogens is 1. The number of carboxylic acid groups (broad SMARTS) is 1. The number of Topliss-reactive ketones (excluding diaryl/α,β-unsaturated/α-hetero) is 2. The van der Waals surface area contributed by atoms with E-state index < -0.39 is 5.97 Å². The molecule has 1 aromatic carbocycles. The standard InChI is InChI=1S/C31H44N6O8/c1-23-16-29(40)33-28-17-24(2-3-27(23)28)32-30(41)21-37(22-31(42)43)7-5-35-10-14-44-12-8-34(9-13-45-15-11-35)4-6-36-19-25(38)18-26(39)20-36/h2-3,16-17H,4-15,18-22H2,1H3,(H,32,41)(H,33,40)(H,42,43). The van der Waals surface area contributed by atoms with Crippen molar-refractivity contribution in [3.05, 3.63) is 40.2 Å². The fraction of sp³-hybridized carbons (Fsp3) is 0.581. The Hall–Kier alpha value is -3.53. The summed E-state index contributed by atoms with van der Waals surface area (Å²) >= 11 is 0. The van der Waals surface area contributed by atoms with E-state index in [1.54, 1.807) is 17.0 Å². The fourth-order valence-corrected chi connectivity index (χ4v) is 5.58. The van der Waals surface area contributed by atoms with Crippen LogP contribution in [-0.4, -0.2) is 158 Å². The highest BCUT2D eigenvalue weighted by molar-refractivity contribution is 6.03. The summed E-state index contributed by atoms with van der Waals surface area (Å²) in [7, 11) is 0. The molecule has 4 rings (SSSR count). The van der Waals surface area contributed by atoms with E-state index in [-0.39, 0.29) is 42.5 Å². The van der Waals surface area contributed by atoms with E-state index in [0.29, 0.717) is 103 Å². The van der Waals surface area contributed by atoms with E-state index in [1.165, 1.54) is 6.07 Å². The summed E-state index contributed by atoms with van der Waals surface area (Å²) in [4.78, 5) is 70.4. The van der Waals surface area contributed by atoms with Crippen LogP contribution in [0.2, 0.25) is 0 Å². The van der Waals surface area contributed by atoms with E-state index in [4.69, 9.17) is 9.47 Å². The van der Waals surface area contributed by atoms with Crippen molar-refractivity contribution in [1.29, 1.82) is 0 Å². The van der Waals surface area contributed by atoms with Gasteiger partial charge in [-0.2, -0.15) is 0 Å². The molecule has 0 unspecified atom stereocenters. The van der Waals surface area contributed by atoms with Crippen molar-refractivity contribution in [2.24, 2.45) is 0 Å². The first-order chi connectivity index (χ1) is 21.6. The normalized spacial score (nSPS) is 18.5. The molecule has 2 fully saturated rings. The molecule has 1 aromatic heterocycles. The van der Waals surface area contributed by atoms with Gasteiger partial charge in [-0.05, 0) is 24.6 Å². The quantitative estimate of drug-likeness (QED) is 0.278. The maximum atomic E-state index is 12.9. The molecule has 14 nitrogen and oxygen atoms in total. The summed E-state index contributed by atoms with van der Waals surface area (Å²) in [6.45, 7) is 9.05. The molecule has 1 amide bonds. The molecular formula is C31H44N6O8. The van der Waals surface area contributed by atoms with E-state index in [2.05, 4.69) is 20.1 Å². The Balaban J connectivity index is 1.22. The number of rotatable bonds is 11. The van der Waals surface area contributed by atoms with Gasteiger partial charge in [0.2, 0.25) is 11.5 Å². The zero-order valence-corrected chi connectivity index (χ0v) is 25.9. The first kappa shape index (κ1) is 34.3. The van der Waals surface area contributed by atoms with Gasteiger partial charge in [0.1, 0.15) is 0 Å². The summed E-state index contributed by atoms with van der Waals surface area (Å²) in [5.41, 5.74) is 1.73. The van der Waals surface area contributed by atoms with Crippen molar-refractivity contribution in [2.75, 3.05) is 110 Å². The lowest BCUT2D eigenvalue weighted by Gasteiger charge is -2.30. The van der Waals surface area contributed by atoms with Crippen molar-refractivity contribution >= 4 is 40.0 Å². The number of pyridine rings is 1. The van der Waals surface area contributed by atoms with Crippen LogP contribution in [0.5, 0.6) is 0 Å². The van der Waals surface area contributed by atoms with Crippen LogP contribution in [0.3, 0.4) is 0 Å². The van der Waals surface area contributed by atoms with Crippen LogP contribution in [0.1, 0.15) is 12.0 Å². The molecule has 0 spiro atoms. The number of fused-ring (bicyclic) bond motifs is 1. The number of hydrogen-bond donors (Lipinski definition) is 3. The molecule has 2 aliphatic heterocycles. The Morgan fingerprint density at radius 3 is 2.09 bits per heavy atom. The minimum Gasteiger partial charge on any atom is -0.480 e. The number of aryl methyl sites for hydroxylation is 1. The Morgan fingerprint density at radius 2 is 1.47 bits per heavy atom. The second-order valence-corrected chi connectivity index (χ2v) is 11.6. The summed E-state index contributed by atoms with van der Waals surface area (Å²) in [6, 6.07) is 6.79. The van der Waals surface area contributed by atoms with Crippen molar-refractivity contribution < 1.29 is 33.8 Å². The fourth-order valence-electron chi connectivity index (χ4n) is 5.58. The topological polar surface area (TPSA) is 165 Å². The molecular weight excluding hydrogens is 584 g/mol. The lowest BCUT2D eigenvalue weighted by molar-refractivity contribution is -0.138. The number of likely N-dealkylation sites (tertiary alicyclic amines) is 1. The van der Waals surface area contributed by atoms with Crippen LogP contribution in [0.25, 0.3) is 10.9 Å². The van der Waals surface area contributed by atoms with Crippen LogP contribution in [0, 0.1) is 6.92 Å². The number of aliphatic carboxylic acids is 1. The lowest BCUT2D eigenvalue weighted by Crippen LogP contribution is -2.46. The third-order valence-corrected chi connectivity index (χ3v) is 7.93. The first-order valence-electron chi connectivity index (χ1n) is 15.4. The Morgan fingerprint density at radius 1 is 0.867 bits per heavy atom. The molecule has 45 heavy (non-hydrogen) atoms. The number of amides is 1. The number of aromatic nitrogens is 1. The minimum absolute atomic E-state index is 0.0267. The Bertz CT molecular complexity index is 1370. The number of anilines is 1. The number of aromatic amines is 1. The first-order valence-corrected chi connectivity index (χ1v) is 15.4. The average Bonchev–Trinajstić information content (AvgIpc) is 2.95. The number of nitrogens with one attached hydrogen (secondary N) is 2. The highest BCUT2D eigenvalue weighted by Crippen LogP contribution is 2.19. The summed E-state index contributed by atoms with van der Waals surface area (Å²) in [5, 5.41) is 13.1. The monoisotopic (exact) mass is 628 g/mol. The molecule has 3 N–H and O–H groups in total. The van der Waals surface area contributed by atoms with Gasteiger partial charge >= 0.3 is 5.97 Å². The number of benzene rings is 1. The van der Waals surface area contributed by atoms with E-state index in [9.17, 15) is 29.1 Å². The molecule has 2 aliphatic rings. The van der Waals surface area contributed by atoms with Crippen LogP contribution in [0.4, 0.5) is 5.69 Å². The number of ether oxygens (including phenoxy) is 2. The smallest absolute Gasteiger partial charge is 0.317 e. The lowest BCUT2D eigenvalue weighted by atomic mass is 10.1. The summed E-state index contributed by atoms with van der Waals surface area (Å²) in [6.07, 6.45) is 0.0441. The second kappa shape index (κ2) is 17.2. The van der Waals surface area contributed by atoms with Gasteiger partial charge in [-0.1, -0.05) is 6.07 Å². The highest BCUT2D eigenvalue weighted by Gasteiger charge is 2.23. The highest BCUT2D eigenvalue weighted by atomic mass is 16.5. The largest absolute Gasteiger partial charge is 0.480 e. The zero-order chi connectivity index (χ0) is 32.2. The van der Waals surface area contributed by atoms with Gasteiger partial charge in [0.25, 0.3) is 0 Å². The van der Waals surface area contributed by atoms with Gasteiger partial charge in [-0.15, -0.1) is 0 Å². The second-order valence-electron chi connectivity index (χ2n) is 11.6. The molecule has 2 aromatic rings. The van der Waals surface area contributed by atoms with Crippen molar-refractivity contribution in [2.45, 2.75) is 13.3 Å². The van der Waals surface area contributed by atoms with Crippen LogP contribution < -0.4 is 10.9 Å². The van der Waals surface area contributed by atoms with Gasteiger partial charge in [0.05, 0.1) is 64.5 Å². The SMILES string of the molecule is Cc1cc(=O)[nH]c2cc(NC(=O)CN(CCN3CCOCCN(CCN4CC(=O)CC(=O)C4)CCOCC3)CC(=O)O)ccc12. The van der Waals surface area contributed by atoms with Gasteiger partial charge in [-0.3, -0.25) is 43.6 Å². The molecule has 0 radical (unpaired) electrons. The predicted molar refractivity (Wildman–Crippen MR) is 168 cm³/mol. The van der Waals surface area contributed by atoms with Crippen LogP contribution in [0.15, 0.2) is 29.1 Å². The van der Waals surface area contributed by atoms with Crippen molar-refractivity contribution in [3.8, 4) is 0 Å². The number of hydrogen-bond acceptors (Lipinski definition) is 11. The third-order valence-electron chi connectivity index (χ3n) is 7.93. The van der Waals surface area contributed by atoms with Gasteiger partial charge in [-0.25, -0.2) is 0 Å². The zero-order valence-electron chi connectivity index (χ0n) is 25.9.